The number of hydrogen-bond donors (Lipinski definition) is 1. The van der Waals surface area contributed by atoms with Crippen molar-refractivity contribution < 1.29 is 14.4 Å². The van der Waals surface area contributed by atoms with Crippen molar-refractivity contribution in [1.82, 2.24) is 19.6 Å². The first-order valence-corrected chi connectivity index (χ1v) is 10.2. The standard InChI is InChI=1S/C21H25N5O4/c1-5-24-13(4)21(18(28)23-20(30)26(19(21)29)11-12(2)3)10-14-16(24)22-15-8-6-7-9-25(15)17(14)27/h6-9,12-13H,5,10-11H2,1-4H3,(H,23,28,30)/t13-,21+/m1/s1. The van der Waals surface area contributed by atoms with Crippen molar-refractivity contribution in [2.24, 2.45) is 11.3 Å². The smallest absolute Gasteiger partial charge is 0.330 e. The number of aromatic nitrogens is 2. The molecule has 0 aliphatic carbocycles. The van der Waals surface area contributed by atoms with Gasteiger partial charge in [-0.2, -0.15) is 0 Å². The van der Waals surface area contributed by atoms with E-state index in [-0.39, 0.29) is 24.4 Å². The van der Waals surface area contributed by atoms with Crippen LogP contribution < -0.4 is 15.8 Å². The molecule has 4 amide bonds. The monoisotopic (exact) mass is 411 g/mol. The molecule has 2 aliphatic rings. The van der Waals surface area contributed by atoms with Crippen molar-refractivity contribution >= 4 is 29.3 Å². The molecule has 158 valence electrons. The SMILES string of the molecule is CCN1c2nc3ccccn3c(=O)c2C[C@@]2(C(=O)NC(=O)N(CC(C)C)C2=O)[C@H]1C. The van der Waals surface area contributed by atoms with E-state index in [0.29, 0.717) is 23.6 Å². The number of nitrogens with one attached hydrogen (secondary N) is 1. The van der Waals surface area contributed by atoms with Crippen LogP contribution in [0, 0.1) is 11.3 Å². The zero-order valence-corrected chi connectivity index (χ0v) is 17.5. The number of amides is 4. The molecule has 9 heteroatoms. The number of hydrogen-bond acceptors (Lipinski definition) is 6. The second-order valence-corrected chi connectivity index (χ2v) is 8.33. The summed E-state index contributed by atoms with van der Waals surface area (Å²) in [7, 11) is 0. The number of carbonyl (C=O) groups is 3. The molecule has 2 aromatic heterocycles. The number of urea groups is 1. The summed E-state index contributed by atoms with van der Waals surface area (Å²) in [4.78, 5) is 60.0. The number of imide groups is 2. The summed E-state index contributed by atoms with van der Waals surface area (Å²) in [5.74, 6) is -0.694. The van der Waals surface area contributed by atoms with E-state index in [1.165, 1.54) is 4.40 Å². The Morgan fingerprint density at radius 3 is 2.63 bits per heavy atom. The fourth-order valence-corrected chi connectivity index (χ4v) is 4.57. The Morgan fingerprint density at radius 1 is 1.23 bits per heavy atom. The highest BCUT2D eigenvalue weighted by Crippen LogP contribution is 2.42. The first kappa shape index (κ1) is 20.1. The number of rotatable bonds is 3. The number of fused-ring (bicyclic) bond motifs is 2. The Balaban J connectivity index is 1.93. The van der Waals surface area contributed by atoms with Crippen LogP contribution in [0.25, 0.3) is 5.65 Å². The number of carbonyl (C=O) groups excluding carboxylic acids is 3. The van der Waals surface area contributed by atoms with Gasteiger partial charge in [0.05, 0.1) is 11.6 Å². The quantitative estimate of drug-likeness (QED) is 0.761. The summed E-state index contributed by atoms with van der Waals surface area (Å²) in [6.45, 7) is 8.09. The van der Waals surface area contributed by atoms with Gasteiger partial charge in [-0.15, -0.1) is 0 Å². The van der Waals surface area contributed by atoms with Gasteiger partial charge in [0, 0.05) is 25.7 Å². The van der Waals surface area contributed by atoms with E-state index in [1.807, 2.05) is 25.7 Å². The van der Waals surface area contributed by atoms with Gasteiger partial charge in [0.25, 0.3) is 5.56 Å². The summed E-state index contributed by atoms with van der Waals surface area (Å²) in [6, 6.07) is 3.97. The van der Waals surface area contributed by atoms with Gasteiger partial charge in [-0.05, 0) is 31.9 Å². The Labute approximate surface area is 173 Å². The van der Waals surface area contributed by atoms with E-state index >= 15 is 0 Å². The Morgan fingerprint density at radius 2 is 1.97 bits per heavy atom. The van der Waals surface area contributed by atoms with Crippen LogP contribution in [0.5, 0.6) is 0 Å². The lowest BCUT2D eigenvalue weighted by Crippen LogP contribution is -2.72. The summed E-state index contributed by atoms with van der Waals surface area (Å²) in [6.07, 6.45) is 1.51. The normalized spacial score (nSPS) is 24.0. The summed E-state index contributed by atoms with van der Waals surface area (Å²) in [5.41, 5.74) is -1.08. The number of pyridine rings is 1. The molecule has 2 atom stereocenters. The lowest BCUT2D eigenvalue weighted by atomic mass is 9.69. The van der Waals surface area contributed by atoms with Gasteiger partial charge < -0.3 is 4.90 Å². The van der Waals surface area contributed by atoms with E-state index in [4.69, 9.17) is 0 Å². The first-order chi connectivity index (χ1) is 14.2. The van der Waals surface area contributed by atoms with Gasteiger partial charge in [0.1, 0.15) is 11.5 Å². The fraction of sp³-hybridized carbons (Fsp3) is 0.476. The van der Waals surface area contributed by atoms with Gasteiger partial charge in [0.15, 0.2) is 5.41 Å². The predicted molar refractivity (Wildman–Crippen MR) is 110 cm³/mol. The minimum atomic E-state index is -1.57. The van der Waals surface area contributed by atoms with Crippen LogP contribution in [0.4, 0.5) is 10.6 Å². The second kappa shape index (κ2) is 6.93. The molecule has 4 rings (SSSR count). The van der Waals surface area contributed by atoms with Gasteiger partial charge in [-0.1, -0.05) is 19.9 Å². The van der Waals surface area contributed by atoms with Crippen molar-refractivity contribution in [3.8, 4) is 0 Å². The maximum Gasteiger partial charge on any atom is 0.330 e. The predicted octanol–water partition coefficient (Wildman–Crippen LogP) is 1.19. The molecule has 2 aliphatic heterocycles. The van der Waals surface area contributed by atoms with Gasteiger partial charge in [0.2, 0.25) is 11.8 Å². The van der Waals surface area contributed by atoms with Crippen LogP contribution in [0.2, 0.25) is 0 Å². The molecule has 0 aromatic carbocycles. The average Bonchev–Trinajstić information content (AvgIpc) is 2.70. The van der Waals surface area contributed by atoms with Crippen molar-refractivity contribution in [1.29, 1.82) is 0 Å². The number of barbiturate groups is 1. The topological polar surface area (TPSA) is 104 Å². The third kappa shape index (κ3) is 2.64. The third-order valence-corrected chi connectivity index (χ3v) is 6.10. The molecule has 0 saturated carbocycles. The van der Waals surface area contributed by atoms with E-state index in [0.717, 1.165) is 4.90 Å². The molecular formula is C21H25N5O4. The van der Waals surface area contributed by atoms with Gasteiger partial charge in [-0.25, -0.2) is 9.78 Å². The van der Waals surface area contributed by atoms with Crippen LogP contribution in [0.1, 0.15) is 33.3 Å². The molecule has 4 heterocycles. The summed E-state index contributed by atoms with van der Waals surface area (Å²) in [5, 5.41) is 2.36. The van der Waals surface area contributed by atoms with E-state index in [9.17, 15) is 19.2 Å². The molecule has 1 N–H and O–H groups in total. The van der Waals surface area contributed by atoms with Crippen molar-refractivity contribution in [2.45, 2.75) is 40.2 Å². The van der Waals surface area contributed by atoms with Crippen molar-refractivity contribution in [3.05, 3.63) is 40.3 Å². The third-order valence-electron chi connectivity index (χ3n) is 6.10. The van der Waals surface area contributed by atoms with Gasteiger partial charge in [-0.3, -0.25) is 29.0 Å². The molecule has 1 saturated heterocycles. The fourth-order valence-electron chi connectivity index (χ4n) is 4.57. The van der Waals surface area contributed by atoms with Crippen LogP contribution in [0.15, 0.2) is 29.2 Å². The zero-order valence-electron chi connectivity index (χ0n) is 17.5. The minimum absolute atomic E-state index is 0.0367. The van der Waals surface area contributed by atoms with Gasteiger partial charge >= 0.3 is 6.03 Å². The highest BCUT2D eigenvalue weighted by atomic mass is 16.2. The Bertz CT molecular complexity index is 1120. The van der Waals surface area contributed by atoms with E-state index < -0.39 is 29.3 Å². The molecule has 0 bridgehead atoms. The summed E-state index contributed by atoms with van der Waals surface area (Å²) >= 11 is 0. The van der Waals surface area contributed by atoms with Crippen molar-refractivity contribution in [3.63, 3.8) is 0 Å². The van der Waals surface area contributed by atoms with Crippen LogP contribution in [0.3, 0.4) is 0 Å². The van der Waals surface area contributed by atoms with Crippen LogP contribution >= 0.6 is 0 Å². The Kier molecular flexibility index (Phi) is 4.63. The van der Waals surface area contributed by atoms with E-state index in [1.54, 1.807) is 31.3 Å². The second-order valence-electron chi connectivity index (χ2n) is 8.33. The maximum absolute atomic E-state index is 13.6. The van der Waals surface area contributed by atoms with Crippen molar-refractivity contribution in [2.75, 3.05) is 18.0 Å². The largest absolute Gasteiger partial charge is 0.352 e. The molecule has 0 radical (unpaired) electrons. The maximum atomic E-state index is 13.6. The molecule has 9 nitrogen and oxygen atoms in total. The molecule has 0 unspecified atom stereocenters. The lowest BCUT2D eigenvalue weighted by Gasteiger charge is -2.49. The first-order valence-electron chi connectivity index (χ1n) is 10.2. The molecular weight excluding hydrogens is 386 g/mol. The molecule has 1 spiro atoms. The molecule has 1 fully saturated rings. The Hall–Kier alpha value is -3.23. The highest BCUT2D eigenvalue weighted by Gasteiger charge is 2.61. The highest BCUT2D eigenvalue weighted by molar-refractivity contribution is 6.20. The summed E-state index contributed by atoms with van der Waals surface area (Å²) < 4.78 is 1.42. The minimum Gasteiger partial charge on any atom is -0.352 e. The zero-order chi connectivity index (χ0) is 21.8. The number of anilines is 1. The van der Waals surface area contributed by atoms with E-state index in [2.05, 4.69) is 10.3 Å². The molecule has 2 aromatic rings. The average molecular weight is 411 g/mol. The molecule has 30 heavy (non-hydrogen) atoms. The van der Waals surface area contributed by atoms with Crippen LogP contribution in [-0.4, -0.2) is 51.3 Å². The van der Waals surface area contributed by atoms with Crippen LogP contribution in [-0.2, 0) is 16.0 Å². The number of nitrogens with zero attached hydrogens (tertiary/aromatic N) is 4. The lowest BCUT2D eigenvalue weighted by molar-refractivity contribution is -0.153.